The molecule has 5 heteroatoms. The first-order chi connectivity index (χ1) is 10.1. The van der Waals surface area contributed by atoms with Crippen molar-refractivity contribution in [3.8, 4) is 11.8 Å². The molecule has 0 spiro atoms. The van der Waals surface area contributed by atoms with E-state index in [1.54, 1.807) is 25.3 Å². The van der Waals surface area contributed by atoms with Crippen molar-refractivity contribution in [2.24, 2.45) is 5.73 Å². The topological polar surface area (TPSA) is 68.0 Å². The molecule has 0 bridgehead atoms. The van der Waals surface area contributed by atoms with Gasteiger partial charge in [-0.3, -0.25) is 9.78 Å². The van der Waals surface area contributed by atoms with Gasteiger partial charge in [0.1, 0.15) is 11.5 Å². The lowest BCUT2D eigenvalue weighted by Gasteiger charge is -2.08. The van der Waals surface area contributed by atoms with E-state index in [2.05, 4.69) is 22.1 Å². The zero-order valence-electron chi connectivity index (χ0n) is 11.5. The summed E-state index contributed by atoms with van der Waals surface area (Å²) in [6, 6.07) is 7.52. The molecule has 4 nitrogen and oxygen atoms in total. The summed E-state index contributed by atoms with van der Waals surface area (Å²) in [5, 5.41) is 2.69. The van der Waals surface area contributed by atoms with Crippen molar-refractivity contribution in [2.45, 2.75) is 6.92 Å². The molecule has 0 aliphatic heterocycles. The highest BCUT2D eigenvalue weighted by atomic mass is 19.1. The van der Waals surface area contributed by atoms with Gasteiger partial charge < -0.3 is 11.1 Å². The monoisotopic (exact) mass is 283 g/mol. The van der Waals surface area contributed by atoms with Crippen LogP contribution in [-0.4, -0.2) is 17.4 Å². The van der Waals surface area contributed by atoms with Gasteiger partial charge in [-0.1, -0.05) is 17.9 Å². The fourth-order valence-corrected chi connectivity index (χ4v) is 1.78. The molecule has 3 N–H and O–H groups in total. The number of anilines is 1. The smallest absolute Gasteiger partial charge is 0.274 e. The van der Waals surface area contributed by atoms with Crippen LogP contribution in [0.25, 0.3) is 0 Å². The molecule has 0 aliphatic rings. The number of aryl methyl sites for hydroxylation is 1. The minimum absolute atomic E-state index is 0.156. The fraction of sp³-hybridized carbons (Fsp3) is 0.125. The summed E-state index contributed by atoms with van der Waals surface area (Å²) < 4.78 is 13.3. The second-order valence-corrected chi connectivity index (χ2v) is 4.32. The van der Waals surface area contributed by atoms with Crippen molar-refractivity contribution in [2.75, 3.05) is 11.9 Å². The van der Waals surface area contributed by atoms with Gasteiger partial charge in [0.25, 0.3) is 5.91 Å². The van der Waals surface area contributed by atoms with Crippen LogP contribution in [0.1, 0.15) is 21.6 Å². The number of nitrogens with two attached hydrogens (primary N) is 1. The molecule has 106 valence electrons. The number of hydrogen-bond acceptors (Lipinski definition) is 3. The highest BCUT2D eigenvalue weighted by molar-refractivity contribution is 6.04. The number of benzene rings is 1. The van der Waals surface area contributed by atoms with Gasteiger partial charge in [0.2, 0.25) is 0 Å². The zero-order chi connectivity index (χ0) is 15.2. The number of halogens is 1. The van der Waals surface area contributed by atoms with E-state index in [0.29, 0.717) is 16.9 Å². The molecule has 21 heavy (non-hydrogen) atoms. The molecule has 2 rings (SSSR count). The maximum absolute atomic E-state index is 13.3. The highest BCUT2D eigenvalue weighted by Gasteiger charge is 2.12. The van der Waals surface area contributed by atoms with Crippen molar-refractivity contribution in [3.05, 3.63) is 59.2 Å². The molecule has 0 aliphatic carbocycles. The first-order valence-corrected chi connectivity index (χ1v) is 6.33. The average Bonchev–Trinajstić information content (AvgIpc) is 2.47. The number of aromatic nitrogens is 1. The van der Waals surface area contributed by atoms with Gasteiger partial charge in [-0.25, -0.2) is 4.39 Å². The van der Waals surface area contributed by atoms with Gasteiger partial charge >= 0.3 is 0 Å². The van der Waals surface area contributed by atoms with Crippen LogP contribution < -0.4 is 11.1 Å². The van der Waals surface area contributed by atoms with Crippen LogP contribution >= 0.6 is 0 Å². The number of carbonyl (C=O) groups excluding carboxylic acids is 1. The van der Waals surface area contributed by atoms with Crippen LogP contribution in [0.5, 0.6) is 0 Å². The summed E-state index contributed by atoms with van der Waals surface area (Å²) in [6.45, 7) is 1.95. The van der Waals surface area contributed by atoms with E-state index in [0.717, 1.165) is 5.56 Å². The number of amides is 1. The van der Waals surface area contributed by atoms with Gasteiger partial charge in [0.15, 0.2) is 0 Å². The summed E-state index contributed by atoms with van der Waals surface area (Å²) >= 11 is 0. The molecule has 0 fully saturated rings. The minimum Gasteiger partial charge on any atom is -0.320 e. The van der Waals surface area contributed by atoms with Gasteiger partial charge in [0.05, 0.1) is 17.8 Å². The Bertz CT molecular complexity index is 732. The van der Waals surface area contributed by atoms with Gasteiger partial charge in [-0.05, 0) is 36.8 Å². The Balaban J connectivity index is 2.31. The zero-order valence-corrected chi connectivity index (χ0v) is 11.5. The van der Waals surface area contributed by atoms with Crippen LogP contribution in [0.15, 0.2) is 36.5 Å². The van der Waals surface area contributed by atoms with Crippen molar-refractivity contribution in [1.82, 2.24) is 4.98 Å². The predicted octanol–water partition coefficient (Wildman–Crippen LogP) is 2.09. The van der Waals surface area contributed by atoms with E-state index in [-0.39, 0.29) is 12.5 Å². The standard InChI is InChI=1S/C16H14FN3O/c1-11-4-3-9-19-15(11)16(21)20-14-7-6-13(17)10-12(14)5-2-8-18/h3-4,6-7,9-10H,8,18H2,1H3,(H,20,21). The largest absolute Gasteiger partial charge is 0.320 e. The normalized spacial score (nSPS) is 9.67. The van der Waals surface area contributed by atoms with E-state index in [1.807, 2.05) is 0 Å². The first-order valence-electron chi connectivity index (χ1n) is 6.33. The fourth-order valence-electron chi connectivity index (χ4n) is 1.78. The summed E-state index contributed by atoms with van der Waals surface area (Å²) in [4.78, 5) is 16.2. The van der Waals surface area contributed by atoms with Crippen LogP contribution in [0, 0.1) is 24.6 Å². The van der Waals surface area contributed by atoms with Gasteiger partial charge in [0, 0.05) is 6.20 Å². The van der Waals surface area contributed by atoms with Gasteiger partial charge in [-0.15, -0.1) is 0 Å². The quantitative estimate of drug-likeness (QED) is 0.829. The number of nitrogens with zero attached hydrogens (tertiary/aromatic N) is 1. The van der Waals surface area contributed by atoms with Crippen LogP contribution in [0.3, 0.4) is 0 Å². The summed E-state index contributed by atoms with van der Waals surface area (Å²) in [5.41, 5.74) is 7.19. The lowest BCUT2D eigenvalue weighted by molar-refractivity contribution is 0.102. The summed E-state index contributed by atoms with van der Waals surface area (Å²) in [5.74, 6) is 4.58. The molecule has 0 saturated carbocycles. The Hall–Kier alpha value is -2.71. The first kappa shape index (κ1) is 14.7. The Morgan fingerprint density at radius 1 is 1.43 bits per heavy atom. The summed E-state index contributed by atoms with van der Waals surface area (Å²) in [7, 11) is 0. The third-order valence-electron chi connectivity index (χ3n) is 2.78. The number of nitrogens with one attached hydrogen (secondary N) is 1. The van der Waals surface area contributed by atoms with Gasteiger partial charge in [-0.2, -0.15) is 0 Å². The van der Waals surface area contributed by atoms with E-state index in [1.165, 1.54) is 18.2 Å². The number of carbonyl (C=O) groups is 1. The summed E-state index contributed by atoms with van der Waals surface area (Å²) in [6.07, 6.45) is 1.54. The molecule has 0 atom stereocenters. The lowest BCUT2D eigenvalue weighted by Crippen LogP contribution is -2.16. The van der Waals surface area contributed by atoms with E-state index < -0.39 is 5.82 Å². The SMILES string of the molecule is Cc1cccnc1C(=O)Nc1ccc(F)cc1C#CCN. The van der Waals surface area contributed by atoms with Crippen LogP contribution in [-0.2, 0) is 0 Å². The molecule has 0 unspecified atom stereocenters. The second-order valence-electron chi connectivity index (χ2n) is 4.32. The molecule has 1 heterocycles. The lowest BCUT2D eigenvalue weighted by atomic mass is 10.1. The molecule has 1 aromatic heterocycles. The van der Waals surface area contributed by atoms with Crippen molar-refractivity contribution >= 4 is 11.6 Å². The molecular weight excluding hydrogens is 269 g/mol. The van der Waals surface area contributed by atoms with E-state index in [9.17, 15) is 9.18 Å². The average molecular weight is 283 g/mol. The predicted molar refractivity (Wildman–Crippen MR) is 79.3 cm³/mol. The Morgan fingerprint density at radius 3 is 2.95 bits per heavy atom. The molecule has 0 radical (unpaired) electrons. The molecule has 1 amide bonds. The number of hydrogen-bond donors (Lipinski definition) is 2. The number of pyridine rings is 1. The van der Waals surface area contributed by atoms with Crippen molar-refractivity contribution in [1.29, 1.82) is 0 Å². The maximum atomic E-state index is 13.3. The van der Waals surface area contributed by atoms with Crippen LogP contribution in [0.2, 0.25) is 0 Å². The Labute approximate surface area is 122 Å². The van der Waals surface area contributed by atoms with Crippen molar-refractivity contribution in [3.63, 3.8) is 0 Å². The third kappa shape index (κ3) is 3.65. The maximum Gasteiger partial charge on any atom is 0.274 e. The molecule has 2 aromatic rings. The molecule has 1 aromatic carbocycles. The number of rotatable bonds is 2. The van der Waals surface area contributed by atoms with Crippen molar-refractivity contribution < 1.29 is 9.18 Å². The van der Waals surface area contributed by atoms with Crippen LogP contribution in [0.4, 0.5) is 10.1 Å². The Kier molecular flexibility index (Phi) is 4.64. The molecular formula is C16H14FN3O. The van der Waals surface area contributed by atoms with E-state index >= 15 is 0 Å². The minimum atomic E-state index is -0.427. The third-order valence-corrected chi connectivity index (χ3v) is 2.78. The molecule has 0 saturated heterocycles. The second kappa shape index (κ2) is 6.64. The Morgan fingerprint density at radius 2 is 2.24 bits per heavy atom. The van der Waals surface area contributed by atoms with E-state index in [4.69, 9.17) is 5.73 Å². The highest BCUT2D eigenvalue weighted by Crippen LogP contribution is 2.17.